The van der Waals surface area contributed by atoms with Crippen molar-refractivity contribution in [3.8, 4) is 0 Å². The summed E-state index contributed by atoms with van der Waals surface area (Å²) in [6.07, 6.45) is 0. The summed E-state index contributed by atoms with van der Waals surface area (Å²) in [5.74, 6) is -1.12. The minimum Gasteiger partial charge on any atom is -0.423 e. The second-order valence-corrected chi connectivity index (χ2v) is 3.27. The van der Waals surface area contributed by atoms with Gasteiger partial charge in [0.1, 0.15) is 5.82 Å². The van der Waals surface area contributed by atoms with Gasteiger partial charge in [0.15, 0.2) is 0 Å². The van der Waals surface area contributed by atoms with Gasteiger partial charge in [-0.05, 0) is 23.2 Å². The lowest BCUT2D eigenvalue weighted by atomic mass is 9.78. The molecule has 2 rings (SSSR count). The maximum atomic E-state index is 13.4. The van der Waals surface area contributed by atoms with E-state index in [0.29, 0.717) is 11.0 Å². The summed E-state index contributed by atoms with van der Waals surface area (Å²) in [6, 6.07) is 2.54. The molecule has 0 saturated carbocycles. The molecule has 1 aliphatic heterocycles. The standard InChI is InChI=1S/C9H9BFNO3/c1-12-9(13)6-3-7-5(2-8(6)11)4-15-10(7)14/h2-3,14H,4H2,1H3,(H,12,13). The summed E-state index contributed by atoms with van der Waals surface area (Å²) < 4.78 is 18.3. The largest absolute Gasteiger partial charge is 0.491 e. The Morgan fingerprint density at radius 2 is 2.40 bits per heavy atom. The number of carbonyl (C=O) groups is 1. The summed E-state index contributed by atoms with van der Waals surface area (Å²) >= 11 is 0. The number of hydrogen-bond donors (Lipinski definition) is 2. The van der Waals surface area contributed by atoms with Crippen molar-refractivity contribution in [2.45, 2.75) is 6.61 Å². The third-order valence-electron chi connectivity index (χ3n) is 2.36. The van der Waals surface area contributed by atoms with Crippen molar-refractivity contribution < 1.29 is 18.9 Å². The number of carbonyl (C=O) groups excluding carboxylic acids is 1. The van der Waals surface area contributed by atoms with Crippen molar-refractivity contribution in [3.05, 3.63) is 29.1 Å². The summed E-state index contributed by atoms with van der Waals surface area (Å²) in [7, 11) is 0.353. The molecular formula is C9H9BFNO3. The van der Waals surface area contributed by atoms with Gasteiger partial charge in [0, 0.05) is 7.05 Å². The molecule has 0 saturated heterocycles. The van der Waals surface area contributed by atoms with Crippen LogP contribution in [0.3, 0.4) is 0 Å². The molecule has 2 N–H and O–H groups in total. The SMILES string of the molecule is CNC(=O)c1cc2c(cc1F)COB2O. The van der Waals surface area contributed by atoms with Crippen LogP contribution in [-0.2, 0) is 11.3 Å². The van der Waals surface area contributed by atoms with Gasteiger partial charge in [-0.3, -0.25) is 4.79 Å². The van der Waals surface area contributed by atoms with Gasteiger partial charge < -0.3 is 15.0 Å². The Labute approximate surface area is 86.2 Å². The molecule has 78 valence electrons. The second kappa shape index (κ2) is 3.64. The minimum atomic E-state index is -1.07. The minimum absolute atomic E-state index is 0.0826. The predicted octanol–water partition coefficient (Wildman–Crippen LogP) is -0.597. The lowest BCUT2D eigenvalue weighted by Crippen LogP contribution is -2.30. The van der Waals surface area contributed by atoms with E-state index in [-0.39, 0.29) is 12.2 Å². The fourth-order valence-electron chi connectivity index (χ4n) is 1.55. The van der Waals surface area contributed by atoms with Crippen molar-refractivity contribution in [1.82, 2.24) is 5.32 Å². The van der Waals surface area contributed by atoms with E-state index in [9.17, 15) is 14.2 Å². The van der Waals surface area contributed by atoms with Crippen LogP contribution in [0.15, 0.2) is 12.1 Å². The highest BCUT2D eigenvalue weighted by Crippen LogP contribution is 2.15. The number of hydrogen-bond acceptors (Lipinski definition) is 3. The van der Waals surface area contributed by atoms with E-state index < -0.39 is 18.8 Å². The van der Waals surface area contributed by atoms with Crippen LogP contribution < -0.4 is 10.8 Å². The van der Waals surface area contributed by atoms with Crippen LogP contribution >= 0.6 is 0 Å². The first-order valence-corrected chi connectivity index (χ1v) is 4.47. The quantitative estimate of drug-likeness (QED) is 0.607. The van der Waals surface area contributed by atoms with Gasteiger partial charge in [0.25, 0.3) is 5.91 Å². The summed E-state index contributed by atoms with van der Waals surface area (Å²) in [5, 5.41) is 11.7. The molecule has 1 heterocycles. The van der Waals surface area contributed by atoms with Crippen LogP contribution in [0.4, 0.5) is 4.39 Å². The van der Waals surface area contributed by atoms with Crippen molar-refractivity contribution in [2.24, 2.45) is 0 Å². The highest BCUT2D eigenvalue weighted by molar-refractivity contribution is 6.61. The van der Waals surface area contributed by atoms with Gasteiger partial charge in [-0.1, -0.05) is 0 Å². The van der Waals surface area contributed by atoms with Crippen LogP contribution in [0.1, 0.15) is 15.9 Å². The molecule has 1 aliphatic rings. The molecule has 0 radical (unpaired) electrons. The van der Waals surface area contributed by atoms with E-state index in [1.54, 1.807) is 0 Å². The first-order valence-electron chi connectivity index (χ1n) is 4.47. The molecule has 15 heavy (non-hydrogen) atoms. The topological polar surface area (TPSA) is 58.6 Å². The van der Waals surface area contributed by atoms with E-state index in [1.807, 2.05) is 0 Å². The van der Waals surface area contributed by atoms with Gasteiger partial charge in [-0.2, -0.15) is 0 Å². The Morgan fingerprint density at radius 3 is 3.07 bits per heavy atom. The number of halogens is 1. The fourth-order valence-corrected chi connectivity index (χ4v) is 1.55. The smallest absolute Gasteiger partial charge is 0.423 e. The highest BCUT2D eigenvalue weighted by Gasteiger charge is 2.29. The maximum Gasteiger partial charge on any atom is 0.491 e. The average molecular weight is 209 g/mol. The molecule has 0 aromatic heterocycles. The van der Waals surface area contributed by atoms with Crippen LogP contribution in [-0.4, -0.2) is 25.1 Å². The number of nitrogens with one attached hydrogen (secondary N) is 1. The third kappa shape index (κ3) is 1.62. The Balaban J connectivity index is 2.50. The van der Waals surface area contributed by atoms with E-state index in [0.717, 1.165) is 0 Å². The first-order chi connectivity index (χ1) is 7.13. The number of rotatable bonds is 1. The molecule has 0 aliphatic carbocycles. The summed E-state index contributed by atoms with van der Waals surface area (Å²) in [6.45, 7) is 0.168. The van der Waals surface area contributed by atoms with Crippen molar-refractivity contribution in [3.63, 3.8) is 0 Å². The number of fused-ring (bicyclic) bond motifs is 1. The molecule has 1 aromatic rings. The van der Waals surface area contributed by atoms with E-state index in [1.165, 1.54) is 19.2 Å². The molecule has 6 heteroatoms. The molecule has 0 atom stereocenters. The average Bonchev–Trinajstić information content (AvgIpc) is 2.58. The van der Waals surface area contributed by atoms with Crippen molar-refractivity contribution in [1.29, 1.82) is 0 Å². The zero-order valence-electron chi connectivity index (χ0n) is 8.08. The highest BCUT2D eigenvalue weighted by atomic mass is 19.1. The molecule has 0 bridgehead atoms. The molecular weight excluding hydrogens is 200 g/mol. The molecule has 4 nitrogen and oxygen atoms in total. The van der Waals surface area contributed by atoms with Crippen LogP contribution in [0.5, 0.6) is 0 Å². The van der Waals surface area contributed by atoms with E-state index in [2.05, 4.69) is 5.32 Å². The lowest BCUT2D eigenvalue weighted by Gasteiger charge is -2.04. The van der Waals surface area contributed by atoms with Gasteiger partial charge in [-0.25, -0.2) is 4.39 Å². The monoisotopic (exact) mass is 209 g/mol. The first kappa shape index (κ1) is 10.1. The van der Waals surface area contributed by atoms with Gasteiger partial charge in [0.2, 0.25) is 0 Å². The second-order valence-electron chi connectivity index (χ2n) is 3.27. The zero-order valence-corrected chi connectivity index (χ0v) is 8.08. The lowest BCUT2D eigenvalue weighted by molar-refractivity contribution is 0.0959. The van der Waals surface area contributed by atoms with Crippen molar-refractivity contribution in [2.75, 3.05) is 7.05 Å². The molecule has 0 spiro atoms. The van der Waals surface area contributed by atoms with Gasteiger partial charge in [0.05, 0.1) is 12.2 Å². The summed E-state index contributed by atoms with van der Waals surface area (Å²) in [5.41, 5.74) is 0.948. The third-order valence-corrected chi connectivity index (χ3v) is 2.36. The van der Waals surface area contributed by atoms with Crippen molar-refractivity contribution >= 4 is 18.5 Å². The predicted molar refractivity (Wildman–Crippen MR) is 52.2 cm³/mol. The normalized spacial score (nSPS) is 13.9. The Hall–Kier alpha value is -1.40. The van der Waals surface area contributed by atoms with E-state index >= 15 is 0 Å². The fraction of sp³-hybridized carbons (Fsp3) is 0.222. The molecule has 0 unspecified atom stereocenters. The van der Waals surface area contributed by atoms with Gasteiger partial charge >= 0.3 is 7.12 Å². The maximum absolute atomic E-state index is 13.4. The zero-order chi connectivity index (χ0) is 11.0. The number of benzene rings is 1. The van der Waals surface area contributed by atoms with Crippen LogP contribution in [0.25, 0.3) is 0 Å². The summed E-state index contributed by atoms with van der Waals surface area (Å²) in [4.78, 5) is 11.3. The van der Waals surface area contributed by atoms with Crippen LogP contribution in [0.2, 0.25) is 0 Å². The molecule has 1 amide bonds. The Bertz CT molecular complexity index is 424. The Kier molecular flexibility index (Phi) is 2.46. The van der Waals surface area contributed by atoms with E-state index in [4.69, 9.17) is 4.65 Å². The molecule has 0 fully saturated rings. The number of amides is 1. The Morgan fingerprint density at radius 1 is 1.67 bits per heavy atom. The van der Waals surface area contributed by atoms with Crippen LogP contribution in [0, 0.1) is 5.82 Å². The molecule has 1 aromatic carbocycles. The van der Waals surface area contributed by atoms with Gasteiger partial charge in [-0.15, -0.1) is 0 Å².